The Morgan fingerprint density at radius 2 is 1.72 bits per heavy atom. The maximum atomic E-state index is 14.1. The SMILES string of the molecule is CCNC(=NCC(C)c1ccc(F)cc1F)N1CCN(C(C)C(=O)N2CCCC2)CC1.I. The highest BCUT2D eigenvalue weighted by molar-refractivity contribution is 14.0. The van der Waals surface area contributed by atoms with Crippen LogP contribution >= 0.6 is 24.0 Å². The van der Waals surface area contributed by atoms with Gasteiger partial charge < -0.3 is 15.1 Å². The van der Waals surface area contributed by atoms with Crippen LogP contribution in [0.5, 0.6) is 0 Å². The van der Waals surface area contributed by atoms with Crippen LogP contribution < -0.4 is 5.32 Å². The van der Waals surface area contributed by atoms with Crippen molar-refractivity contribution in [3.63, 3.8) is 0 Å². The van der Waals surface area contributed by atoms with Gasteiger partial charge in [-0.2, -0.15) is 0 Å². The first-order valence-electron chi connectivity index (χ1n) is 11.4. The van der Waals surface area contributed by atoms with Gasteiger partial charge in [-0.15, -0.1) is 24.0 Å². The van der Waals surface area contributed by atoms with Crippen molar-refractivity contribution in [2.75, 3.05) is 52.4 Å². The van der Waals surface area contributed by atoms with Crippen LogP contribution in [0.4, 0.5) is 8.78 Å². The fourth-order valence-electron chi connectivity index (χ4n) is 4.33. The molecule has 1 amide bonds. The van der Waals surface area contributed by atoms with Gasteiger partial charge in [-0.25, -0.2) is 8.78 Å². The van der Waals surface area contributed by atoms with Crippen molar-refractivity contribution in [3.8, 4) is 0 Å². The van der Waals surface area contributed by atoms with Gasteiger partial charge in [0.1, 0.15) is 11.6 Å². The van der Waals surface area contributed by atoms with Crippen LogP contribution in [0, 0.1) is 11.6 Å². The van der Waals surface area contributed by atoms with Crippen molar-refractivity contribution in [3.05, 3.63) is 35.4 Å². The molecule has 0 radical (unpaired) electrons. The molecule has 2 saturated heterocycles. The molecule has 0 aromatic heterocycles. The van der Waals surface area contributed by atoms with Crippen molar-refractivity contribution in [1.82, 2.24) is 20.0 Å². The zero-order chi connectivity index (χ0) is 22.4. The molecule has 3 rings (SSSR count). The highest BCUT2D eigenvalue weighted by atomic mass is 127. The van der Waals surface area contributed by atoms with E-state index >= 15 is 0 Å². The van der Waals surface area contributed by atoms with E-state index in [9.17, 15) is 13.6 Å². The number of hydrogen-bond acceptors (Lipinski definition) is 3. The number of guanidine groups is 1. The van der Waals surface area contributed by atoms with Gasteiger partial charge in [-0.05, 0) is 38.3 Å². The van der Waals surface area contributed by atoms with Gasteiger partial charge >= 0.3 is 0 Å². The van der Waals surface area contributed by atoms with Crippen LogP contribution in [0.25, 0.3) is 0 Å². The average molecular weight is 563 g/mol. The first-order valence-corrected chi connectivity index (χ1v) is 11.4. The minimum atomic E-state index is -0.569. The van der Waals surface area contributed by atoms with E-state index in [1.807, 2.05) is 25.7 Å². The molecule has 2 aliphatic heterocycles. The van der Waals surface area contributed by atoms with Crippen LogP contribution in [0.15, 0.2) is 23.2 Å². The number of carbonyl (C=O) groups excluding carboxylic acids is 1. The van der Waals surface area contributed by atoms with E-state index in [4.69, 9.17) is 4.99 Å². The van der Waals surface area contributed by atoms with Crippen LogP contribution in [0.1, 0.15) is 45.1 Å². The summed E-state index contributed by atoms with van der Waals surface area (Å²) in [5, 5.41) is 3.32. The Bertz CT molecular complexity index is 780. The third-order valence-corrected chi connectivity index (χ3v) is 6.28. The Morgan fingerprint density at radius 1 is 1.06 bits per heavy atom. The molecular weight excluding hydrogens is 527 g/mol. The summed E-state index contributed by atoms with van der Waals surface area (Å²) in [7, 11) is 0. The minimum absolute atomic E-state index is 0. The highest BCUT2D eigenvalue weighted by Gasteiger charge is 2.30. The van der Waals surface area contributed by atoms with Crippen LogP contribution in [-0.4, -0.2) is 85.0 Å². The second-order valence-corrected chi connectivity index (χ2v) is 8.49. The van der Waals surface area contributed by atoms with E-state index in [1.165, 1.54) is 12.1 Å². The van der Waals surface area contributed by atoms with Gasteiger partial charge in [0, 0.05) is 64.3 Å². The molecule has 2 heterocycles. The van der Waals surface area contributed by atoms with Crippen molar-refractivity contribution < 1.29 is 13.6 Å². The summed E-state index contributed by atoms with van der Waals surface area (Å²) >= 11 is 0. The zero-order valence-corrected chi connectivity index (χ0v) is 21.6. The minimum Gasteiger partial charge on any atom is -0.357 e. The first-order chi connectivity index (χ1) is 14.9. The van der Waals surface area contributed by atoms with E-state index in [0.29, 0.717) is 12.1 Å². The predicted molar refractivity (Wildman–Crippen MR) is 135 cm³/mol. The molecule has 1 aromatic carbocycles. The Hall–Kier alpha value is -1.49. The molecule has 1 aromatic rings. The topological polar surface area (TPSA) is 51.2 Å². The molecule has 180 valence electrons. The smallest absolute Gasteiger partial charge is 0.239 e. The van der Waals surface area contributed by atoms with Gasteiger partial charge in [0.05, 0.1) is 6.04 Å². The molecule has 6 nitrogen and oxygen atoms in total. The molecule has 0 saturated carbocycles. The first kappa shape index (κ1) is 26.8. The number of halogens is 3. The van der Waals surface area contributed by atoms with E-state index < -0.39 is 11.6 Å². The maximum absolute atomic E-state index is 14.1. The van der Waals surface area contributed by atoms with Gasteiger partial charge in [0.25, 0.3) is 0 Å². The normalized spacial score (nSPS) is 19.5. The van der Waals surface area contributed by atoms with Gasteiger partial charge in [-0.1, -0.05) is 13.0 Å². The molecule has 2 fully saturated rings. The van der Waals surface area contributed by atoms with Gasteiger partial charge in [0.2, 0.25) is 5.91 Å². The van der Waals surface area contributed by atoms with Crippen molar-refractivity contribution in [2.45, 2.75) is 45.6 Å². The number of aliphatic imine (C=N–C) groups is 1. The summed E-state index contributed by atoms with van der Waals surface area (Å²) in [5.41, 5.74) is 0.472. The summed E-state index contributed by atoms with van der Waals surface area (Å²) in [6.45, 7) is 12.0. The van der Waals surface area contributed by atoms with E-state index in [1.54, 1.807) is 0 Å². The quantitative estimate of drug-likeness (QED) is 0.328. The number of likely N-dealkylation sites (tertiary alicyclic amines) is 1. The molecule has 2 aliphatic rings. The van der Waals surface area contributed by atoms with Gasteiger partial charge in [-0.3, -0.25) is 14.7 Å². The summed E-state index contributed by atoms with van der Waals surface area (Å²) in [6, 6.07) is 3.61. The summed E-state index contributed by atoms with van der Waals surface area (Å²) in [6.07, 6.45) is 2.21. The molecule has 0 aliphatic carbocycles. The number of amides is 1. The van der Waals surface area contributed by atoms with E-state index in [0.717, 1.165) is 70.7 Å². The maximum Gasteiger partial charge on any atom is 0.239 e. The average Bonchev–Trinajstić information content (AvgIpc) is 3.30. The molecule has 0 spiro atoms. The fraction of sp³-hybridized carbons (Fsp3) is 0.652. The third kappa shape index (κ3) is 6.76. The number of rotatable bonds is 6. The Labute approximate surface area is 207 Å². The van der Waals surface area contributed by atoms with Crippen LogP contribution in [0.2, 0.25) is 0 Å². The third-order valence-electron chi connectivity index (χ3n) is 6.28. The lowest BCUT2D eigenvalue weighted by Gasteiger charge is -2.39. The Balaban J connectivity index is 0.00000363. The van der Waals surface area contributed by atoms with Crippen molar-refractivity contribution in [1.29, 1.82) is 0 Å². The summed E-state index contributed by atoms with van der Waals surface area (Å²) < 4.78 is 27.3. The number of nitrogens with one attached hydrogen (secondary N) is 1. The summed E-state index contributed by atoms with van der Waals surface area (Å²) in [4.78, 5) is 23.9. The number of nitrogens with zero attached hydrogens (tertiary/aromatic N) is 4. The molecule has 2 unspecified atom stereocenters. The van der Waals surface area contributed by atoms with E-state index in [2.05, 4.69) is 15.1 Å². The van der Waals surface area contributed by atoms with Crippen LogP contribution in [-0.2, 0) is 4.79 Å². The molecular formula is C23H36F2IN5O. The predicted octanol–water partition coefficient (Wildman–Crippen LogP) is 3.28. The fourth-order valence-corrected chi connectivity index (χ4v) is 4.33. The van der Waals surface area contributed by atoms with Crippen molar-refractivity contribution in [2.24, 2.45) is 4.99 Å². The van der Waals surface area contributed by atoms with E-state index in [-0.39, 0.29) is 41.8 Å². The standard InChI is InChI=1S/C23H35F2N5O.HI/c1-4-26-23(27-16-17(2)20-8-7-19(24)15-21(20)25)30-13-11-28(12-14-30)18(3)22(31)29-9-5-6-10-29;/h7-8,15,17-18H,4-6,9-14,16H2,1-3H3,(H,26,27);1H. The zero-order valence-electron chi connectivity index (χ0n) is 19.3. The highest BCUT2D eigenvalue weighted by Crippen LogP contribution is 2.20. The van der Waals surface area contributed by atoms with Crippen LogP contribution in [0.3, 0.4) is 0 Å². The van der Waals surface area contributed by atoms with Gasteiger partial charge in [0.15, 0.2) is 5.96 Å². The lowest BCUT2D eigenvalue weighted by molar-refractivity contribution is -0.135. The molecule has 0 bridgehead atoms. The second-order valence-electron chi connectivity index (χ2n) is 8.49. The molecule has 9 heteroatoms. The number of carbonyl (C=O) groups is 1. The Kier molecular flexibility index (Phi) is 10.6. The lowest BCUT2D eigenvalue weighted by atomic mass is 10.0. The summed E-state index contributed by atoms with van der Waals surface area (Å²) in [5.74, 6) is -0.219. The lowest BCUT2D eigenvalue weighted by Crippen LogP contribution is -2.57. The number of hydrogen-bond donors (Lipinski definition) is 1. The largest absolute Gasteiger partial charge is 0.357 e. The molecule has 32 heavy (non-hydrogen) atoms. The molecule has 2 atom stereocenters. The monoisotopic (exact) mass is 563 g/mol. The second kappa shape index (κ2) is 12.7. The van der Waals surface area contributed by atoms with Crippen molar-refractivity contribution >= 4 is 35.8 Å². The number of benzene rings is 1. The number of piperazine rings is 1. The Morgan fingerprint density at radius 3 is 2.31 bits per heavy atom. The molecule has 1 N–H and O–H groups in total.